The summed E-state index contributed by atoms with van der Waals surface area (Å²) in [7, 11) is 3.31. The fourth-order valence-electron chi connectivity index (χ4n) is 2.42. The number of hydrogen-bond donors (Lipinski definition) is 1. The van der Waals surface area contributed by atoms with Crippen molar-refractivity contribution in [2.24, 2.45) is 0 Å². The van der Waals surface area contributed by atoms with Crippen molar-refractivity contribution < 1.29 is 9.47 Å². The minimum atomic E-state index is 0.476. The third kappa shape index (κ3) is 2.38. The van der Waals surface area contributed by atoms with Crippen LogP contribution in [0.15, 0.2) is 42.5 Å². The summed E-state index contributed by atoms with van der Waals surface area (Å²) in [6.07, 6.45) is 0. The summed E-state index contributed by atoms with van der Waals surface area (Å²) in [5, 5.41) is 0. The van der Waals surface area contributed by atoms with Crippen molar-refractivity contribution in [3.8, 4) is 11.5 Å². The molecule has 0 aliphatic rings. The van der Waals surface area contributed by atoms with Gasteiger partial charge in [0.1, 0.15) is 11.5 Å². The third-order valence-electron chi connectivity index (χ3n) is 3.51. The molecule has 2 N–H and O–H groups in total. The monoisotopic (exact) mass is 283 g/mol. The summed E-state index contributed by atoms with van der Waals surface area (Å²) in [6.45, 7) is 0.597. The van der Waals surface area contributed by atoms with Crippen molar-refractivity contribution in [1.82, 2.24) is 9.55 Å². The largest absolute Gasteiger partial charge is 0.497 e. The lowest BCUT2D eigenvalue weighted by Gasteiger charge is -2.11. The number of nitrogen functional groups attached to an aromatic ring is 1. The first-order chi connectivity index (χ1) is 10.2. The first-order valence-corrected chi connectivity index (χ1v) is 6.64. The van der Waals surface area contributed by atoms with Gasteiger partial charge >= 0.3 is 0 Å². The van der Waals surface area contributed by atoms with E-state index in [4.69, 9.17) is 15.2 Å². The number of nitrogens with two attached hydrogens (primary N) is 1. The number of methoxy groups -OCH3 is 2. The van der Waals surface area contributed by atoms with Crippen molar-refractivity contribution in [3.05, 3.63) is 48.0 Å². The van der Waals surface area contributed by atoms with E-state index >= 15 is 0 Å². The van der Waals surface area contributed by atoms with E-state index in [1.807, 2.05) is 47.0 Å². The summed E-state index contributed by atoms with van der Waals surface area (Å²) in [5.41, 5.74) is 8.90. The Morgan fingerprint density at radius 2 is 1.90 bits per heavy atom. The zero-order valence-electron chi connectivity index (χ0n) is 12.0. The van der Waals surface area contributed by atoms with Crippen molar-refractivity contribution >= 4 is 17.0 Å². The molecular weight excluding hydrogens is 266 g/mol. The maximum Gasteiger partial charge on any atom is 0.201 e. The highest BCUT2D eigenvalue weighted by Gasteiger charge is 2.11. The topological polar surface area (TPSA) is 62.3 Å². The van der Waals surface area contributed by atoms with E-state index in [0.29, 0.717) is 12.5 Å². The highest BCUT2D eigenvalue weighted by Crippen LogP contribution is 2.26. The Hall–Kier alpha value is -2.69. The first kappa shape index (κ1) is 13.3. The second-order valence-electron chi connectivity index (χ2n) is 4.72. The molecule has 3 rings (SSSR count). The van der Waals surface area contributed by atoms with E-state index in [2.05, 4.69) is 4.98 Å². The highest BCUT2D eigenvalue weighted by molar-refractivity contribution is 5.80. The fraction of sp³-hybridized carbons (Fsp3) is 0.188. The molecular formula is C16H17N3O2. The molecule has 0 aliphatic heterocycles. The summed E-state index contributed by atoms with van der Waals surface area (Å²) >= 11 is 0. The van der Waals surface area contributed by atoms with Gasteiger partial charge in [-0.3, -0.25) is 0 Å². The minimum absolute atomic E-state index is 0.476. The van der Waals surface area contributed by atoms with Crippen LogP contribution in [-0.2, 0) is 6.54 Å². The Morgan fingerprint density at radius 3 is 2.67 bits per heavy atom. The number of nitrogens with zero attached hydrogens (tertiary/aromatic N) is 2. The van der Waals surface area contributed by atoms with Crippen LogP contribution in [0.5, 0.6) is 11.5 Å². The lowest BCUT2D eigenvalue weighted by atomic mass is 10.2. The zero-order valence-corrected chi connectivity index (χ0v) is 12.0. The van der Waals surface area contributed by atoms with Gasteiger partial charge in [-0.15, -0.1) is 0 Å². The van der Waals surface area contributed by atoms with Crippen LogP contribution in [0, 0.1) is 0 Å². The Morgan fingerprint density at radius 1 is 1.10 bits per heavy atom. The number of para-hydroxylation sites is 1. The van der Waals surface area contributed by atoms with Crippen LogP contribution < -0.4 is 15.2 Å². The van der Waals surface area contributed by atoms with Gasteiger partial charge in [-0.1, -0.05) is 18.2 Å². The third-order valence-corrected chi connectivity index (χ3v) is 3.51. The van der Waals surface area contributed by atoms with Gasteiger partial charge in [0.05, 0.1) is 31.8 Å². The number of fused-ring (bicyclic) bond motifs is 1. The molecule has 5 heteroatoms. The van der Waals surface area contributed by atoms with Gasteiger partial charge in [-0.25, -0.2) is 4.98 Å². The highest BCUT2D eigenvalue weighted by atomic mass is 16.5. The molecule has 0 amide bonds. The Balaban J connectivity index is 2.09. The van der Waals surface area contributed by atoms with E-state index in [-0.39, 0.29) is 0 Å². The van der Waals surface area contributed by atoms with Gasteiger partial charge < -0.3 is 19.8 Å². The average molecular weight is 283 g/mol. The number of hydrogen-bond acceptors (Lipinski definition) is 4. The van der Waals surface area contributed by atoms with Crippen LogP contribution in [0.3, 0.4) is 0 Å². The molecule has 2 aromatic carbocycles. The summed E-state index contributed by atoms with van der Waals surface area (Å²) in [4.78, 5) is 4.38. The molecule has 1 aromatic heterocycles. The smallest absolute Gasteiger partial charge is 0.201 e. The second kappa shape index (κ2) is 5.36. The number of benzene rings is 2. The second-order valence-corrected chi connectivity index (χ2v) is 4.72. The Labute approximate surface area is 122 Å². The predicted octanol–water partition coefficient (Wildman–Crippen LogP) is 2.68. The molecule has 3 aromatic rings. The molecule has 0 radical (unpaired) electrons. The van der Waals surface area contributed by atoms with E-state index in [9.17, 15) is 0 Å². The van der Waals surface area contributed by atoms with Gasteiger partial charge in [-0.05, 0) is 18.2 Å². The van der Waals surface area contributed by atoms with E-state index in [1.54, 1.807) is 14.2 Å². The Bertz CT molecular complexity index is 780. The molecule has 0 atom stereocenters. The van der Waals surface area contributed by atoms with E-state index in [0.717, 1.165) is 28.1 Å². The number of aromatic nitrogens is 2. The fourth-order valence-corrected chi connectivity index (χ4v) is 2.42. The van der Waals surface area contributed by atoms with Crippen molar-refractivity contribution in [2.75, 3.05) is 20.0 Å². The van der Waals surface area contributed by atoms with Crippen LogP contribution in [0.2, 0.25) is 0 Å². The minimum Gasteiger partial charge on any atom is -0.497 e. The number of rotatable bonds is 4. The Kier molecular flexibility index (Phi) is 3.39. The molecule has 21 heavy (non-hydrogen) atoms. The zero-order chi connectivity index (χ0) is 14.8. The predicted molar refractivity (Wildman–Crippen MR) is 82.8 cm³/mol. The number of imidazole rings is 1. The SMILES string of the molecule is COc1ccc2nc(N)n(Cc3ccccc3OC)c2c1. The van der Waals surface area contributed by atoms with Crippen LogP contribution in [-0.4, -0.2) is 23.8 Å². The van der Waals surface area contributed by atoms with Gasteiger partial charge in [0, 0.05) is 11.6 Å². The molecule has 0 spiro atoms. The van der Waals surface area contributed by atoms with Gasteiger partial charge in [0.2, 0.25) is 5.95 Å². The molecule has 108 valence electrons. The maximum absolute atomic E-state index is 6.05. The van der Waals surface area contributed by atoms with Crippen molar-refractivity contribution in [3.63, 3.8) is 0 Å². The van der Waals surface area contributed by atoms with Gasteiger partial charge in [-0.2, -0.15) is 0 Å². The molecule has 5 nitrogen and oxygen atoms in total. The van der Waals surface area contributed by atoms with Crippen LogP contribution in [0.4, 0.5) is 5.95 Å². The molecule has 0 fully saturated rings. The molecule has 0 aliphatic carbocycles. The maximum atomic E-state index is 6.05. The lowest BCUT2D eigenvalue weighted by Crippen LogP contribution is -2.05. The standard InChI is InChI=1S/C16H17N3O2/c1-20-12-7-8-13-14(9-12)19(16(17)18-13)10-11-5-3-4-6-15(11)21-2/h3-9H,10H2,1-2H3,(H2,17,18). The molecule has 0 saturated carbocycles. The van der Waals surface area contributed by atoms with Gasteiger partial charge in [0.25, 0.3) is 0 Å². The van der Waals surface area contributed by atoms with Crippen LogP contribution in [0.25, 0.3) is 11.0 Å². The summed E-state index contributed by atoms with van der Waals surface area (Å²) in [5.74, 6) is 2.09. The average Bonchev–Trinajstić information content (AvgIpc) is 2.83. The van der Waals surface area contributed by atoms with Crippen molar-refractivity contribution in [2.45, 2.75) is 6.54 Å². The number of anilines is 1. The quantitative estimate of drug-likeness (QED) is 0.799. The summed E-state index contributed by atoms with van der Waals surface area (Å²) in [6, 6.07) is 13.6. The molecule has 0 unspecified atom stereocenters. The lowest BCUT2D eigenvalue weighted by molar-refractivity contribution is 0.408. The van der Waals surface area contributed by atoms with Crippen LogP contribution in [0.1, 0.15) is 5.56 Å². The van der Waals surface area contributed by atoms with Crippen LogP contribution >= 0.6 is 0 Å². The van der Waals surface area contributed by atoms with E-state index in [1.165, 1.54) is 0 Å². The van der Waals surface area contributed by atoms with E-state index < -0.39 is 0 Å². The van der Waals surface area contributed by atoms with Gasteiger partial charge in [0.15, 0.2) is 0 Å². The molecule has 0 saturated heterocycles. The summed E-state index contributed by atoms with van der Waals surface area (Å²) < 4.78 is 12.6. The normalized spacial score (nSPS) is 10.8. The van der Waals surface area contributed by atoms with Crippen molar-refractivity contribution in [1.29, 1.82) is 0 Å². The number of ether oxygens (including phenoxy) is 2. The molecule has 1 heterocycles. The molecule has 0 bridgehead atoms. The first-order valence-electron chi connectivity index (χ1n) is 6.64.